The van der Waals surface area contributed by atoms with E-state index in [9.17, 15) is 9.18 Å². The van der Waals surface area contributed by atoms with Gasteiger partial charge >= 0.3 is 0 Å². The van der Waals surface area contributed by atoms with Gasteiger partial charge in [0.05, 0.1) is 10.2 Å². The third kappa shape index (κ3) is 4.15. The topological polar surface area (TPSA) is 64.1 Å². The second-order valence-electron chi connectivity index (χ2n) is 4.69. The summed E-state index contributed by atoms with van der Waals surface area (Å²) in [5.74, 6) is -0.338. The van der Waals surface area contributed by atoms with Gasteiger partial charge in [0.2, 0.25) is 0 Å². The molecule has 0 aliphatic carbocycles. The summed E-state index contributed by atoms with van der Waals surface area (Å²) in [5, 5.41) is 5.00. The van der Waals surface area contributed by atoms with E-state index in [1.54, 1.807) is 12.4 Å². The molecule has 0 bridgehead atoms. The Bertz CT molecular complexity index is 858. The van der Waals surface area contributed by atoms with Gasteiger partial charge in [-0.3, -0.25) is 15.1 Å². The van der Waals surface area contributed by atoms with E-state index < -0.39 is 0 Å². The highest BCUT2D eigenvalue weighted by molar-refractivity contribution is 9.10. The summed E-state index contributed by atoms with van der Waals surface area (Å²) in [4.78, 5) is 20.2. The number of carbonyl (C=O) groups is 1. The number of thiazole rings is 1. The Labute approximate surface area is 149 Å². The van der Waals surface area contributed by atoms with Crippen LogP contribution in [0.3, 0.4) is 0 Å². The highest BCUT2D eigenvalue weighted by Gasteiger charge is 2.10. The van der Waals surface area contributed by atoms with E-state index in [2.05, 4.69) is 31.2 Å². The second kappa shape index (κ2) is 7.50. The Morgan fingerprint density at radius 1 is 1.29 bits per heavy atom. The van der Waals surface area contributed by atoms with E-state index in [1.807, 2.05) is 17.5 Å². The molecule has 24 heavy (non-hydrogen) atoms. The summed E-state index contributed by atoms with van der Waals surface area (Å²) in [6.45, 7) is -0.200. The summed E-state index contributed by atoms with van der Waals surface area (Å²) in [7, 11) is 0. The van der Waals surface area contributed by atoms with Gasteiger partial charge < -0.3 is 4.74 Å². The Hall–Kier alpha value is -2.32. The average Bonchev–Trinajstić information content (AvgIpc) is 3.03. The van der Waals surface area contributed by atoms with Crippen LogP contribution in [0.1, 0.15) is 0 Å². The first-order valence-corrected chi connectivity index (χ1v) is 8.53. The molecule has 0 atom stereocenters. The molecule has 0 saturated carbocycles. The fourth-order valence-electron chi connectivity index (χ4n) is 1.88. The van der Waals surface area contributed by atoms with Gasteiger partial charge in [0.15, 0.2) is 11.7 Å². The lowest BCUT2D eigenvalue weighted by Crippen LogP contribution is -2.20. The minimum Gasteiger partial charge on any atom is -0.483 e. The van der Waals surface area contributed by atoms with E-state index in [1.165, 1.54) is 29.5 Å². The molecule has 122 valence electrons. The van der Waals surface area contributed by atoms with Crippen molar-refractivity contribution in [1.29, 1.82) is 0 Å². The van der Waals surface area contributed by atoms with Gasteiger partial charge in [0.25, 0.3) is 5.91 Å². The first-order chi connectivity index (χ1) is 11.6. The Morgan fingerprint density at radius 3 is 2.83 bits per heavy atom. The van der Waals surface area contributed by atoms with Gasteiger partial charge in [-0.2, -0.15) is 0 Å². The van der Waals surface area contributed by atoms with Crippen LogP contribution in [0.15, 0.2) is 52.6 Å². The quantitative estimate of drug-likeness (QED) is 0.690. The number of halogens is 2. The van der Waals surface area contributed by atoms with Gasteiger partial charge in [0, 0.05) is 23.3 Å². The number of pyridine rings is 1. The number of hydrogen-bond donors (Lipinski definition) is 1. The number of ether oxygens (including phenoxy) is 1. The average molecular weight is 408 g/mol. The fraction of sp³-hybridized carbons (Fsp3) is 0.0625. The SMILES string of the molecule is O=C(COc1ccc(F)cc1Br)Nc1nc(-c2ccncc2)cs1. The molecule has 3 rings (SSSR count). The molecule has 1 N–H and O–H groups in total. The van der Waals surface area contributed by atoms with E-state index in [-0.39, 0.29) is 18.3 Å². The lowest BCUT2D eigenvalue weighted by molar-refractivity contribution is -0.118. The molecule has 2 heterocycles. The number of anilines is 1. The van der Waals surface area contributed by atoms with Crippen molar-refractivity contribution in [3.8, 4) is 17.0 Å². The Kier molecular flexibility index (Phi) is 5.17. The van der Waals surface area contributed by atoms with Crippen LogP contribution in [0.4, 0.5) is 9.52 Å². The fourth-order valence-corrected chi connectivity index (χ4v) is 3.08. The normalized spacial score (nSPS) is 10.4. The van der Waals surface area contributed by atoms with E-state index in [4.69, 9.17) is 4.74 Å². The molecule has 0 aliphatic rings. The number of rotatable bonds is 5. The molecule has 0 unspecified atom stereocenters. The molecule has 3 aromatic rings. The third-order valence-electron chi connectivity index (χ3n) is 2.98. The predicted octanol–water partition coefficient (Wildman–Crippen LogP) is 4.12. The highest BCUT2D eigenvalue weighted by Crippen LogP contribution is 2.26. The number of aromatic nitrogens is 2. The van der Waals surface area contributed by atoms with Crippen LogP contribution >= 0.6 is 27.3 Å². The van der Waals surface area contributed by atoms with Gasteiger partial charge in [-0.25, -0.2) is 9.37 Å². The van der Waals surface area contributed by atoms with Crippen LogP contribution in [0.25, 0.3) is 11.3 Å². The van der Waals surface area contributed by atoms with Crippen molar-refractivity contribution in [1.82, 2.24) is 9.97 Å². The zero-order chi connectivity index (χ0) is 16.9. The van der Waals surface area contributed by atoms with Crippen LogP contribution in [-0.2, 0) is 4.79 Å². The van der Waals surface area contributed by atoms with Gasteiger partial charge in [-0.05, 0) is 46.3 Å². The van der Waals surface area contributed by atoms with Gasteiger partial charge in [0.1, 0.15) is 11.6 Å². The zero-order valence-electron chi connectivity index (χ0n) is 12.2. The summed E-state index contributed by atoms with van der Waals surface area (Å²) in [6, 6.07) is 7.68. The standard InChI is InChI=1S/C16H11BrFN3O2S/c17-12-7-11(18)1-2-14(12)23-8-15(22)21-16-20-13(9-24-16)10-3-5-19-6-4-10/h1-7,9H,8H2,(H,20,21,22). The first kappa shape index (κ1) is 16.5. The summed E-state index contributed by atoms with van der Waals surface area (Å²) < 4.78 is 18.8. The van der Waals surface area contributed by atoms with E-state index in [0.29, 0.717) is 15.4 Å². The molecule has 0 aliphatic heterocycles. The zero-order valence-corrected chi connectivity index (χ0v) is 14.6. The van der Waals surface area contributed by atoms with Crippen LogP contribution in [0, 0.1) is 5.82 Å². The number of amides is 1. The van der Waals surface area contributed by atoms with Gasteiger partial charge in [-0.1, -0.05) is 0 Å². The number of hydrogen-bond acceptors (Lipinski definition) is 5. The van der Waals surface area contributed by atoms with Crippen molar-refractivity contribution in [2.75, 3.05) is 11.9 Å². The molecular formula is C16H11BrFN3O2S. The van der Waals surface area contributed by atoms with Crippen molar-refractivity contribution in [3.63, 3.8) is 0 Å². The number of nitrogens with zero attached hydrogens (tertiary/aromatic N) is 2. The van der Waals surface area contributed by atoms with E-state index in [0.717, 1.165) is 11.3 Å². The maximum Gasteiger partial charge on any atom is 0.264 e. The highest BCUT2D eigenvalue weighted by atomic mass is 79.9. The molecule has 0 fully saturated rings. The van der Waals surface area contributed by atoms with Crippen LogP contribution in [0.5, 0.6) is 5.75 Å². The maximum atomic E-state index is 13.0. The van der Waals surface area contributed by atoms with Crippen molar-refractivity contribution in [2.45, 2.75) is 0 Å². The number of carbonyl (C=O) groups excluding carboxylic acids is 1. The molecule has 0 spiro atoms. The largest absolute Gasteiger partial charge is 0.483 e. The van der Waals surface area contributed by atoms with Crippen molar-refractivity contribution in [3.05, 3.63) is 58.4 Å². The molecule has 0 radical (unpaired) electrons. The van der Waals surface area contributed by atoms with E-state index >= 15 is 0 Å². The molecule has 2 aromatic heterocycles. The maximum absolute atomic E-state index is 13.0. The molecular weight excluding hydrogens is 397 g/mol. The molecule has 1 aromatic carbocycles. The summed E-state index contributed by atoms with van der Waals surface area (Å²) in [5.41, 5.74) is 1.69. The van der Waals surface area contributed by atoms with Crippen LogP contribution < -0.4 is 10.1 Å². The minimum absolute atomic E-state index is 0.200. The Morgan fingerprint density at radius 2 is 2.08 bits per heavy atom. The minimum atomic E-state index is -0.384. The van der Waals surface area contributed by atoms with Crippen molar-refractivity contribution < 1.29 is 13.9 Å². The van der Waals surface area contributed by atoms with Crippen LogP contribution in [-0.4, -0.2) is 22.5 Å². The second-order valence-corrected chi connectivity index (χ2v) is 6.40. The third-order valence-corrected chi connectivity index (χ3v) is 4.36. The lowest BCUT2D eigenvalue weighted by Gasteiger charge is -2.07. The van der Waals surface area contributed by atoms with Crippen LogP contribution in [0.2, 0.25) is 0 Å². The molecule has 8 heteroatoms. The number of benzene rings is 1. The number of nitrogens with one attached hydrogen (secondary N) is 1. The van der Waals surface area contributed by atoms with Crippen molar-refractivity contribution >= 4 is 38.3 Å². The molecule has 5 nitrogen and oxygen atoms in total. The monoisotopic (exact) mass is 407 g/mol. The summed E-state index contributed by atoms with van der Waals surface area (Å²) in [6.07, 6.45) is 3.36. The predicted molar refractivity (Wildman–Crippen MR) is 93.6 cm³/mol. The summed E-state index contributed by atoms with van der Waals surface area (Å²) >= 11 is 4.50. The molecule has 1 amide bonds. The van der Waals surface area contributed by atoms with Crippen molar-refractivity contribution in [2.24, 2.45) is 0 Å². The Balaban J connectivity index is 1.58. The first-order valence-electron chi connectivity index (χ1n) is 6.85. The molecule has 0 saturated heterocycles. The smallest absolute Gasteiger partial charge is 0.264 e. The lowest BCUT2D eigenvalue weighted by atomic mass is 10.2. The van der Waals surface area contributed by atoms with Gasteiger partial charge in [-0.15, -0.1) is 11.3 Å².